The summed E-state index contributed by atoms with van der Waals surface area (Å²) in [4.78, 5) is 0. The molecule has 22 heavy (non-hydrogen) atoms. The molecule has 0 bridgehead atoms. The van der Waals surface area contributed by atoms with Crippen LogP contribution in [0.2, 0.25) is 5.02 Å². The summed E-state index contributed by atoms with van der Waals surface area (Å²) in [6.45, 7) is 0.901. The van der Waals surface area contributed by atoms with Crippen LogP contribution in [-0.2, 0) is 13.2 Å². The fourth-order valence-electron chi connectivity index (χ4n) is 2.81. The van der Waals surface area contributed by atoms with Gasteiger partial charge < -0.3 is 5.11 Å². The predicted octanol–water partition coefficient (Wildman–Crippen LogP) is 3.65. The summed E-state index contributed by atoms with van der Waals surface area (Å²) in [7, 11) is 0. The number of fused-ring (bicyclic) bond motifs is 1. The highest BCUT2D eigenvalue weighted by atomic mass is 35.5. The van der Waals surface area contributed by atoms with Gasteiger partial charge in [-0.25, -0.2) is 4.68 Å². The van der Waals surface area contributed by atoms with Crippen LogP contribution >= 0.6 is 11.6 Å². The van der Waals surface area contributed by atoms with Crippen molar-refractivity contribution in [3.63, 3.8) is 0 Å². The molecule has 1 fully saturated rings. The highest BCUT2D eigenvalue weighted by Crippen LogP contribution is 2.36. The summed E-state index contributed by atoms with van der Waals surface area (Å²) in [5, 5.41) is 18.6. The molecule has 5 heteroatoms. The first-order valence-electron chi connectivity index (χ1n) is 7.48. The lowest BCUT2D eigenvalue weighted by atomic mass is 9.99. The first-order chi connectivity index (χ1) is 10.8. The highest BCUT2D eigenvalue weighted by Gasteiger charge is 2.24. The first-order valence-corrected chi connectivity index (χ1v) is 7.86. The molecule has 1 aliphatic rings. The number of hydrogen-bond acceptors (Lipinski definition) is 3. The quantitative estimate of drug-likeness (QED) is 0.800. The van der Waals surface area contributed by atoms with E-state index in [0.717, 1.165) is 40.2 Å². The van der Waals surface area contributed by atoms with E-state index in [9.17, 15) is 5.11 Å². The molecule has 1 aromatic heterocycles. The standard InChI is InChI=1S/C17H16ClN3O/c18-16-14(13-4-2-1-3-12(13)10-22)7-8-15-17(16)19-20-21(15)9-11-5-6-11/h1-4,7-8,11,22H,5-6,9-10H2. The Labute approximate surface area is 133 Å². The Morgan fingerprint density at radius 3 is 2.73 bits per heavy atom. The molecule has 0 aliphatic heterocycles. The van der Waals surface area contributed by atoms with Crippen molar-refractivity contribution in [3.05, 3.63) is 47.0 Å². The fourth-order valence-corrected chi connectivity index (χ4v) is 3.11. The number of benzene rings is 2. The molecular weight excluding hydrogens is 298 g/mol. The van der Waals surface area contributed by atoms with Gasteiger partial charge in [-0.1, -0.05) is 47.1 Å². The van der Waals surface area contributed by atoms with E-state index in [1.54, 1.807) is 0 Å². The number of aromatic nitrogens is 3. The van der Waals surface area contributed by atoms with E-state index in [4.69, 9.17) is 11.6 Å². The zero-order chi connectivity index (χ0) is 15.1. The van der Waals surface area contributed by atoms with Crippen LogP contribution in [0.15, 0.2) is 36.4 Å². The Hall–Kier alpha value is -1.91. The minimum atomic E-state index is -0.0150. The Morgan fingerprint density at radius 2 is 1.95 bits per heavy atom. The molecule has 0 amide bonds. The number of halogens is 1. The van der Waals surface area contributed by atoms with Crippen LogP contribution in [0.1, 0.15) is 18.4 Å². The molecule has 3 aromatic rings. The first kappa shape index (κ1) is 13.7. The zero-order valence-corrected chi connectivity index (χ0v) is 12.8. The summed E-state index contributed by atoms with van der Waals surface area (Å²) in [5.74, 6) is 0.735. The highest BCUT2D eigenvalue weighted by molar-refractivity contribution is 6.37. The third-order valence-electron chi connectivity index (χ3n) is 4.23. The van der Waals surface area contributed by atoms with E-state index in [-0.39, 0.29) is 6.61 Å². The van der Waals surface area contributed by atoms with Crippen molar-refractivity contribution in [1.82, 2.24) is 15.0 Å². The molecule has 0 radical (unpaired) electrons. The summed E-state index contributed by atoms with van der Waals surface area (Å²) in [6.07, 6.45) is 2.55. The summed E-state index contributed by atoms with van der Waals surface area (Å²) < 4.78 is 1.95. The maximum absolute atomic E-state index is 9.52. The van der Waals surface area contributed by atoms with E-state index in [1.807, 2.05) is 41.1 Å². The number of nitrogens with zero attached hydrogens (tertiary/aromatic N) is 3. The monoisotopic (exact) mass is 313 g/mol. The van der Waals surface area contributed by atoms with Crippen LogP contribution in [0.5, 0.6) is 0 Å². The van der Waals surface area contributed by atoms with Gasteiger partial charge in [-0.2, -0.15) is 0 Å². The Bertz CT molecular complexity index is 839. The fraction of sp³-hybridized carbons (Fsp3) is 0.294. The minimum absolute atomic E-state index is 0.0150. The Morgan fingerprint density at radius 1 is 1.14 bits per heavy atom. The van der Waals surface area contributed by atoms with Gasteiger partial charge in [0.05, 0.1) is 17.1 Å². The van der Waals surface area contributed by atoms with Crippen molar-refractivity contribution in [2.75, 3.05) is 0 Å². The lowest BCUT2D eigenvalue weighted by Gasteiger charge is -2.10. The van der Waals surface area contributed by atoms with Crippen LogP contribution < -0.4 is 0 Å². The lowest BCUT2D eigenvalue weighted by Crippen LogP contribution is -2.01. The van der Waals surface area contributed by atoms with E-state index < -0.39 is 0 Å². The minimum Gasteiger partial charge on any atom is -0.392 e. The zero-order valence-electron chi connectivity index (χ0n) is 12.0. The predicted molar refractivity (Wildman–Crippen MR) is 86.6 cm³/mol. The van der Waals surface area contributed by atoms with Gasteiger partial charge in [0.15, 0.2) is 0 Å². The topological polar surface area (TPSA) is 50.9 Å². The van der Waals surface area contributed by atoms with Crippen molar-refractivity contribution in [2.45, 2.75) is 26.0 Å². The number of hydrogen-bond donors (Lipinski definition) is 1. The van der Waals surface area contributed by atoms with Gasteiger partial charge in [0.2, 0.25) is 0 Å². The second-order valence-corrected chi connectivity index (χ2v) is 6.20. The largest absolute Gasteiger partial charge is 0.392 e. The average molecular weight is 314 g/mol. The molecule has 0 saturated heterocycles. The molecule has 4 nitrogen and oxygen atoms in total. The third-order valence-corrected chi connectivity index (χ3v) is 4.61. The van der Waals surface area contributed by atoms with Crippen LogP contribution in [0.25, 0.3) is 22.2 Å². The van der Waals surface area contributed by atoms with Crippen LogP contribution in [0.3, 0.4) is 0 Å². The van der Waals surface area contributed by atoms with Gasteiger partial charge in [-0.3, -0.25) is 0 Å². The number of rotatable bonds is 4. The lowest BCUT2D eigenvalue weighted by molar-refractivity contribution is 0.282. The third kappa shape index (κ3) is 2.28. The molecule has 0 unspecified atom stereocenters. The molecule has 1 N–H and O–H groups in total. The maximum Gasteiger partial charge on any atom is 0.132 e. The van der Waals surface area contributed by atoms with Gasteiger partial charge in [-0.05, 0) is 36.0 Å². The summed E-state index contributed by atoms with van der Waals surface area (Å²) in [6, 6.07) is 11.7. The Balaban J connectivity index is 1.84. The summed E-state index contributed by atoms with van der Waals surface area (Å²) >= 11 is 6.57. The van der Waals surface area contributed by atoms with Gasteiger partial charge in [0.25, 0.3) is 0 Å². The smallest absolute Gasteiger partial charge is 0.132 e. The molecule has 1 heterocycles. The van der Waals surface area contributed by atoms with E-state index in [2.05, 4.69) is 10.3 Å². The van der Waals surface area contributed by atoms with Crippen molar-refractivity contribution >= 4 is 22.6 Å². The Kier molecular flexibility index (Phi) is 3.36. The van der Waals surface area contributed by atoms with Gasteiger partial charge in [0.1, 0.15) is 5.52 Å². The second kappa shape index (κ2) is 5.38. The number of aliphatic hydroxyl groups excluding tert-OH is 1. The van der Waals surface area contributed by atoms with Crippen molar-refractivity contribution in [3.8, 4) is 11.1 Å². The molecule has 1 saturated carbocycles. The van der Waals surface area contributed by atoms with Crippen molar-refractivity contribution < 1.29 is 5.11 Å². The molecular formula is C17H16ClN3O. The van der Waals surface area contributed by atoms with Crippen molar-refractivity contribution in [1.29, 1.82) is 0 Å². The van der Waals surface area contributed by atoms with Gasteiger partial charge in [0, 0.05) is 12.1 Å². The normalized spacial score (nSPS) is 14.6. The average Bonchev–Trinajstić information content (AvgIpc) is 3.27. The van der Waals surface area contributed by atoms with E-state index in [0.29, 0.717) is 5.02 Å². The van der Waals surface area contributed by atoms with E-state index >= 15 is 0 Å². The molecule has 2 aromatic carbocycles. The van der Waals surface area contributed by atoms with Gasteiger partial charge >= 0.3 is 0 Å². The molecule has 0 spiro atoms. The van der Waals surface area contributed by atoms with Gasteiger partial charge in [-0.15, -0.1) is 5.10 Å². The second-order valence-electron chi connectivity index (χ2n) is 5.83. The maximum atomic E-state index is 9.52. The molecule has 112 valence electrons. The van der Waals surface area contributed by atoms with Crippen LogP contribution in [-0.4, -0.2) is 20.1 Å². The molecule has 4 rings (SSSR count). The SMILES string of the molecule is OCc1ccccc1-c1ccc2c(nnn2CC2CC2)c1Cl. The van der Waals surface area contributed by atoms with Crippen molar-refractivity contribution in [2.24, 2.45) is 5.92 Å². The van der Waals surface area contributed by atoms with E-state index in [1.165, 1.54) is 12.8 Å². The van der Waals surface area contributed by atoms with Crippen LogP contribution in [0.4, 0.5) is 0 Å². The molecule has 1 aliphatic carbocycles. The molecule has 0 atom stereocenters. The van der Waals surface area contributed by atoms with Crippen LogP contribution in [0, 0.1) is 5.92 Å². The number of aliphatic hydroxyl groups is 1. The summed E-state index contributed by atoms with van der Waals surface area (Å²) in [5.41, 5.74) is 4.38.